The quantitative estimate of drug-likeness (QED) is 0.795. The molecule has 23 heavy (non-hydrogen) atoms. The van der Waals surface area contributed by atoms with Crippen molar-refractivity contribution in [3.63, 3.8) is 0 Å². The van der Waals surface area contributed by atoms with E-state index in [4.69, 9.17) is 21.2 Å². The van der Waals surface area contributed by atoms with Crippen LogP contribution in [0.1, 0.15) is 30.1 Å². The zero-order valence-corrected chi connectivity index (χ0v) is 13.4. The van der Waals surface area contributed by atoms with Crippen molar-refractivity contribution in [2.45, 2.75) is 32.4 Å². The van der Waals surface area contributed by atoms with Gasteiger partial charge in [-0.05, 0) is 31.7 Å². The summed E-state index contributed by atoms with van der Waals surface area (Å²) in [5, 5.41) is 12.9. The molecule has 1 N–H and O–H groups in total. The molecule has 6 nitrogen and oxygen atoms in total. The largest absolute Gasteiger partial charge is 0.481 e. The molecule has 0 unspecified atom stereocenters. The van der Waals surface area contributed by atoms with E-state index in [0.717, 1.165) is 0 Å². The van der Waals surface area contributed by atoms with E-state index in [2.05, 4.69) is 10.1 Å². The Hall–Kier alpha value is -1.99. The minimum atomic E-state index is -0.854. The van der Waals surface area contributed by atoms with Crippen molar-refractivity contribution >= 4 is 17.6 Å². The molecule has 0 amide bonds. The highest BCUT2D eigenvalue weighted by Crippen LogP contribution is 2.17. The maximum atomic E-state index is 13.7. The summed E-state index contributed by atoms with van der Waals surface area (Å²) in [7, 11) is 1.81. The number of aromatic nitrogens is 2. The maximum Gasteiger partial charge on any atom is 0.303 e. The van der Waals surface area contributed by atoms with Crippen molar-refractivity contribution in [3.05, 3.63) is 46.3 Å². The molecule has 0 spiro atoms. The first-order valence-corrected chi connectivity index (χ1v) is 7.47. The van der Waals surface area contributed by atoms with Gasteiger partial charge in [0.15, 0.2) is 5.82 Å². The van der Waals surface area contributed by atoms with E-state index in [1.165, 1.54) is 12.1 Å². The van der Waals surface area contributed by atoms with Crippen molar-refractivity contribution in [1.29, 1.82) is 0 Å². The molecule has 2 rings (SSSR count). The standard InChI is InChI=1S/C15H17ClFN3O3/c1-20(8-10-7-11(16)5-6-12(10)17)9-13-18-14(23-19-13)3-2-4-15(21)22/h5-7H,2-4,8-9H2,1H3,(H,21,22). The van der Waals surface area contributed by atoms with Gasteiger partial charge in [-0.1, -0.05) is 16.8 Å². The molecule has 2 aromatic rings. The third-order valence-electron chi connectivity index (χ3n) is 3.15. The first-order chi connectivity index (χ1) is 10.9. The number of halogens is 2. The van der Waals surface area contributed by atoms with E-state index in [1.807, 2.05) is 4.90 Å². The summed E-state index contributed by atoms with van der Waals surface area (Å²) < 4.78 is 18.8. The van der Waals surface area contributed by atoms with Gasteiger partial charge in [0, 0.05) is 30.0 Å². The van der Waals surface area contributed by atoms with Crippen molar-refractivity contribution in [1.82, 2.24) is 15.0 Å². The Balaban J connectivity index is 1.88. The summed E-state index contributed by atoms with van der Waals surface area (Å²) in [5.74, 6) is -0.291. The predicted octanol–water partition coefficient (Wildman–Crippen LogP) is 2.90. The van der Waals surface area contributed by atoms with E-state index >= 15 is 0 Å². The van der Waals surface area contributed by atoms with Crippen LogP contribution < -0.4 is 0 Å². The SMILES string of the molecule is CN(Cc1noc(CCCC(=O)O)n1)Cc1cc(Cl)ccc1F. The van der Waals surface area contributed by atoms with E-state index in [-0.39, 0.29) is 12.2 Å². The van der Waals surface area contributed by atoms with Gasteiger partial charge >= 0.3 is 5.97 Å². The highest BCUT2D eigenvalue weighted by atomic mass is 35.5. The molecule has 0 radical (unpaired) electrons. The molecular formula is C15H17ClFN3O3. The van der Waals surface area contributed by atoms with E-state index < -0.39 is 5.97 Å². The fourth-order valence-corrected chi connectivity index (χ4v) is 2.29. The molecule has 1 heterocycles. The van der Waals surface area contributed by atoms with Crippen LogP contribution in [0, 0.1) is 5.82 Å². The van der Waals surface area contributed by atoms with E-state index in [9.17, 15) is 9.18 Å². The summed E-state index contributed by atoms with van der Waals surface area (Å²) in [6.07, 6.45) is 0.929. The van der Waals surface area contributed by atoms with Gasteiger partial charge < -0.3 is 9.63 Å². The molecule has 0 saturated carbocycles. The number of hydrogen-bond donors (Lipinski definition) is 1. The Morgan fingerprint density at radius 3 is 2.96 bits per heavy atom. The second-order valence-corrected chi connectivity index (χ2v) is 5.70. The van der Waals surface area contributed by atoms with Crippen LogP contribution in [0.4, 0.5) is 4.39 Å². The molecule has 1 aromatic carbocycles. The van der Waals surface area contributed by atoms with Crippen molar-refractivity contribution in [2.75, 3.05) is 7.05 Å². The zero-order chi connectivity index (χ0) is 16.8. The molecular weight excluding hydrogens is 325 g/mol. The second kappa shape index (κ2) is 8.03. The first-order valence-electron chi connectivity index (χ1n) is 7.10. The Bertz CT molecular complexity index is 678. The number of carbonyl (C=O) groups is 1. The molecule has 0 aliphatic carbocycles. The number of nitrogens with zero attached hydrogens (tertiary/aromatic N) is 3. The number of carboxylic acids is 1. The van der Waals surface area contributed by atoms with Crippen LogP contribution in [-0.4, -0.2) is 33.2 Å². The third-order valence-corrected chi connectivity index (χ3v) is 3.39. The van der Waals surface area contributed by atoms with Crippen molar-refractivity contribution in [2.24, 2.45) is 0 Å². The van der Waals surface area contributed by atoms with Crippen LogP contribution in [-0.2, 0) is 24.3 Å². The number of hydrogen-bond acceptors (Lipinski definition) is 5. The Morgan fingerprint density at radius 2 is 2.22 bits per heavy atom. The van der Waals surface area contributed by atoms with Gasteiger partial charge in [0.2, 0.25) is 5.89 Å². The summed E-state index contributed by atoms with van der Waals surface area (Å²) in [6, 6.07) is 4.42. The number of aliphatic carboxylic acids is 1. The van der Waals surface area contributed by atoms with Crippen molar-refractivity contribution in [3.8, 4) is 0 Å². The zero-order valence-electron chi connectivity index (χ0n) is 12.6. The van der Waals surface area contributed by atoms with Crippen LogP contribution in [0.3, 0.4) is 0 Å². The highest BCUT2D eigenvalue weighted by Gasteiger charge is 2.12. The Kier molecular flexibility index (Phi) is 6.06. The van der Waals surface area contributed by atoms with Gasteiger partial charge in [0.05, 0.1) is 6.54 Å². The molecule has 0 atom stereocenters. The Morgan fingerprint density at radius 1 is 1.43 bits per heavy atom. The van der Waals surface area contributed by atoms with Gasteiger partial charge in [-0.25, -0.2) is 4.39 Å². The van der Waals surface area contributed by atoms with Gasteiger partial charge in [0.1, 0.15) is 5.82 Å². The molecule has 0 aliphatic rings. The lowest BCUT2D eigenvalue weighted by molar-refractivity contribution is -0.137. The van der Waals surface area contributed by atoms with Crippen LogP contribution >= 0.6 is 11.6 Å². The molecule has 124 valence electrons. The first kappa shape index (κ1) is 17.4. The number of benzene rings is 1. The minimum Gasteiger partial charge on any atom is -0.481 e. The number of aryl methyl sites for hydroxylation is 1. The third kappa shape index (κ3) is 5.61. The minimum absolute atomic E-state index is 0.0612. The number of carboxylic acid groups (broad SMARTS) is 1. The average Bonchev–Trinajstić information content (AvgIpc) is 2.90. The fourth-order valence-electron chi connectivity index (χ4n) is 2.10. The maximum absolute atomic E-state index is 13.7. The normalized spacial score (nSPS) is 11.1. The predicted molar refractivity (Wildman–Crippen MR) is 81.5 cm³/mol. The lowest BCUT2D eigenvalue weighted by Crippen LogP contribution is -2.18. The van der Waals surface area contributed by atoms with E-state index in [0.29, 0.717) is 48.2 Å². The average molecular weight is 342 g/mol. The molecule has 0 saturated heterocycles. The van der Waals surface area contributed by atoms with Gasteiger partial charge in [-0.3, -0.25) is 9.69 Å². The molecule has 0 fully saturated rings. The van der Waals surface area contributed by atoms with Crippen LogP contribution in [0.5, 0.6) is 0 Å². The summed E-state index contributed by atoms with van der Waals surface area (Å²) in [5.41, 5.74) is 0.491. The lowest BCUT2D eigenvalue weighted by atomic mass is 10.2. The smallest absolute Gasteiger partial charge is 0.303 e. The monoisotopic (exact) mass is 341 g/mol. The summed E-state index contributed by atoms with van der Waals surface area (Å²) in [6.45, 7) is 0.740. The van der Waals surface area contributed by atoms with Crippen LogP contribution in [0.15, 0.2) is 22.7 Å². The van der Waals surface area contributed by atoms with Gasteiger partial charge in [-0.2, -0.15) is 4.98 Å². The summed E-state index contributed by atoms with van der Waals surface area (Å²) >= 11 is 5.87. The highest BCUT2D eigenvalue weighted by molar-refractivity contribution is 6.30. The number of rotatable bonds is 8. The Labute approximate surface area is 137 Å². The second-order valence-electron chi connectivity index (χ2n) is 5.26. The lowest BCUT2D eigenvalue weighted by Gasteiger charge is -2.15. The van der Waals surface area contributed by atoms with Crippen molar-refractivity contribution < 1.29 is 18.8 Å². The topological polar surface area (TPSA) is 79.5 Å². The summed E-state index contributed by atoms with van der Waals surface area (Å²) in [4.78, 5) is 16.5. The molecule has 8 heteroatoms. The van der Waals surface area contributed by atoms with E-state index in [1.54, 1.807) is 13.1 Å². The van der Waals surface area contributed by atoms with Crippen LogP contribution in [0.25, 0.3) is 0 Å². The van der Waals surface area contributed by atoms with Gasteiger partial charge in [0.25, 0.3) is 0 Å². The molecule has 1 aromatic heterocycles. The molecule has 0 aliphatic heterocycles. The van der Waals surface area contributed by atoms with Crippen LogP contribution in [0.2, 0.25) is 5.02 Å². The fraction of sp³-hybridized carbons (Fsp3) is 0.400. The molecule has 0 bridgehead atoms. The van der Waals surface area contributed by atoms with Gasteiger partial charge in [-0.15, -0.1) is 0 Å².